The summed E-state index contributed by atoms with van der Waals surface area (Å²) in [6.07, 6.45) is 3.56. The molecule has 0 aromatic carbocycles. The normalized spacial score (nSPS) is 14.7. The van der Waals surface area contributed by atoms with E-state index in [-0.39, 0.29) is 0 Å². The van der Waals surface area contributed by atoms with E-state index in [1.807, 2.05) is 41.5 Å². The van der Waals surface area contributed by atoms with Crippen LogP contribution in [0.25, 0.3) is 0 Å². The summed E-state index contributed by atoms with van der Waals surface area (Å²) >= 11 is 0. The van der Waals surface area contributed by atoms with E-state index in [4.69, 9.17) is 9.05 Å². The molecule has 0 aliphatic rings. The first-order valence-corrected chi connectivity index (χ1v) is 6.05. The van der Waals surface area contributed by atoms with Crippen molar-refractivity contribution in [2.75, 3.05) is 0 Å². The summed E-state index contributed by atoms with van der Waals surface area (Å²) in [4.78, 5) is 9.74. The molecule has 0 spiro atoms. The van der Waals surface area contributed by atoms with E-state index in [0.717, 1.165) is 0 Å². The van der Waals surface area contributed by atoms with Gasteiger partial charge in [0.2, 0.25) is 7.57 Å². The van der Waals surface area contributed by atoms with Gasteiger partial charge in [0.1, 0.15) is 0 Å². The molecule has 4 heteroatoms. The summed E-state index contributed by atoms with van der Waals surface area (Å²) in [6.45, 7) is 11.1. The highest BCUT2D eigenvalue weighted by atomic mass is 31.2. The molecule has 0 amide bonds. The molecule has 0 saturated heterocycles. The lowest BCUT2D eigenvalue weighted by molar-refractivity contribution is 0.0439. The van der Waals surface area contributed by atoms with Crippen LogP contribution in [0.2, 0.25) is 0 Å². The van der Waals surface area contributed by atoms with Gasteiger partial charge in [-0.3, -0.25) is 0 Å². The first kappa shape index (κ1) is 13.2. The van der Waals surface area contributed by atoms with Crippen LogP contribution in [0.15, 0.2) is 0 Å². The summed E-state index contributed by atoms with van der Waals surface area (Å²) < 4.78 is 10.7. The van der Waals surface area contributed by atoms with E-state index in [0.29, 0.717) is 0 Å². The highest BCUT2D eigenvalue weighted by Crippen LogP contribution is 2.49. The lowest BCUT2D eigenvalue weighted by atomic mass is 10.2. The van der Waals surface area contributed by atoms with Gasteiger partial charge in [0.15, 0.2) is 0 Å². The molecular weight excluding hydrogens is 187 g/mol. The van der Waals surface area contributed by atoms with Crippen LogP contribution < -0.4 is 0 Å². The van der Waals surface area contributed by atoms with Crippen LogP contribution in [0.4, 0.5) is 0 Å². The highest BCUT2D eigenvalue weighted by molar-refractivity contribution is 7.58. The monoisotopic (exact) mass is 208 g/mol. The second kappa shape index (κ2) is 3.74. The predicted molar refractivity (Wildman–Crippen MR) is 57.9 cm³/mol. The van der Waals surface area contributed by atoms with Gasteiger partial charge in [-0.2, -0.15) is 0 Å². The minimum absolute atomic E-state index is 0.435. The third-order valence-corrected chi connectivity index (χ3v) is 2.50. The number of hydrogen-bond acceptors (Lipinski definition) is 3. The van der Waals surface area contributed by atoms with Gasteiger partial charge in [-0.05, 0) is 47.8 Å². The molecule has 0 aromatic heterocycles. The van der Waals surface area contributed by atoms with Crippen molar-refractivity contribution in [3.63, 3.8) is 0 Å². The third-order valence-electron chi connectivity index (χ3n) is 0.833. The largest absolute Gasteiger partial charge is 0.333 e. The molecule has 0 bridgehead atoms. The van der Waals surface area contributed by atoms with Crippen LogP contribution in [0, 0.1) is 0 Å². The van der Waals surface area contributed by atoms with Crippen molar-refractivity contribution in [1.29, 1.82) is 0 Å². The molecular formula is C9H21O3P. The molecule has 0 aliphatic carbocycles. The van der Waals surface area contributed by atoms with E-state index in [2.05, 4.69) is 6.30 Å². The van der Waals surface area contributed by atoms with Gasteiger partial charge in [0.05, 0.1) is 11.2 Å². The summed E-state index contributed by atoms with van der Waals surface area (Å²) in [5.74, 6) is 0. The second-order valence-electron chi connectivity index (χ2n) is 5.04. The van der Waals surface area contributed by atoms with Crippen LogP contribution in [0.5, 0.6) is 0 Å². The molecule has 0 aromatic rings. The number of hydrogen-bond donors (Lipinski definition) is 1. The maximum absolute atomic E-state index is 9.74. The Morgan fingerprint density at radius 1 is 0.923 bits per heavy atom. The zero-order valence-corrected chi connectivity index (χ0v) is 10.3. The second-order valence-corrected chi connectivity index (χ2v) is 6.68. The quantitative estimate of drug-likeness (QED) is 0.709. The zero-order valence-electron chi connectivity index (χ0n) is 9.42. The fraction of sp³-hybridized carbons (Fsp3) is 0.889. The average molecular weight is 208 g/mol. The molecule has 1 N–H and O–H groups in total. The molecule has 0 aliphatic heterocycles. The Kier molecular flexibility index (Phi) is 3.79. The van der Waals surface area contributed by atoms with Crippen molar-refractivity contribution >= 4 is 13.9 Å². The van der Waals surface area contributed by atoms with E-state index in [9.17, 15) is 4.89 Å². The topological polar surface area (TPSA) is 38.7 Å². The molecule has 0 saturated carbocycles. The van der Waals surface area contributed by atoms with Gasteiger partial charge in [-0.25, -0.2) is 0 Å². The molecule has 0 radical (unpaired) electrons. The lowest BCUT2D eigenvalue weighted by Crippen LogP contribution is -2.23. The molecule has 13 heavy (non-hydrogen) atoms. The van der Waals surface area contributed by atoms with E-state index < -0.39 is 18.8 Å². The van der Waals surface area contributed by atoms with Crippen molar-refractivity contribution in [1.82, 2.24) is 0 Å². The highest BCUT2D eigenvalue weighted by Gasteiger charge is 2.26. The van der Waals surface area contributed by atoms with Crippen LogP contribution in [-0.4, -0.2) is 22.4 Å². The minimum Gasteiger partial charge on any atom is -0.333 e. The standard InChI is InChI=1S/C9H21O3P/c1-8(2,3)11-13(7,10)12-9(4,5)6/h10H,7H2,1-6H3. The molecule has 3 nitrogen and oxygen atoms in total. The van der Waals surface area contributed by atoms with Crippen LogP contribution in [0.1, 0.15) is 41.5 Å². The van der Waals surface area contributed by atoms with Gasteiger partial charge in [-0.15, -0.1) is 0 Å². The molecule has 0 fully saturated rings. The van der Waals surface area contributed by atoms with Crippen molar-refractivity contribution in [2.24, 2.45) is 0 Å². The van der Waals surface area contributed by atoms with E-state index in [1.54, 1.807) is 0 Å². The van der Waals surface area contributed by atoms with E-state index in [1.165, 1.54) is 0 Å². The van der Waals surface area contributed by atoms with Crippen LogP contribution in [0.3, 0.4) is 0 Å². The van der Waals surface area contributed by atoms with Gasteiger partial charge in [0, 0.05) is 0 Å². The van der Waals surface area contributed by atoms with Gasteiger partial charge in [0.25, 0.3) is 0 Å². The molecule has 0 heterocycles. The Morgan fingerprint density at radius 2 is 1.15 bits per heavy atom. The lowest BCUT2D eigenvalue weighted by Gasteiger charge is -2.32. The molecule has 0 unspecified atom stereocenters. The first-order chi connectivity index (χ1) is 5.41. The van der Waals surface area contributed by atoms with Crippen LogP contribution in [-0.2, 0) is 9.05 Å². The van der Waals surface area contributed by atoms with Crippen molar-refractivity contribution < 1.29 is 13.9 Å². The minimum atomic E-state index is -2.94. The van der Waals surface area contributed by atoms with Gasteiger partial charge >= 0.3 is 0 Å². The summed E-state index contributed by atoms with van der Waals surface area (Å²) in [5, 5.41) is 0. The van der Waals surface area contributed by atoms with Gasteiger partial charge in [-0.1, -0.05) is 0 Å². The maximum Gasteiger partial charge on any atom is 0.249 e. The number of rotatable bonds is 2. The average Bonchev–Trinajstić information content (AvgIpc) is 1.43. The SMILES string of the molecule is C=P(O)(OC(C)(C)C)OC(C)(C)C. The summed E-state index contributed by atoms with van der Waals surface area (Å²) in [7, 11) is -2.94. The van der Waals surface area contributed by atoms with Crippen molar-refractivity contribution in [3.05, 3.63) is 0 Å². The summed E-state index contributed by atoms with van der Waals surface area (Å²) in [5.41, 5.74) is -0.870. The van der Waals surface area contributed by atoms with Crippen LogP contribution >= 0.6 is 7.57 Å². The Balaban J connectivity index is 4.35. The molecule has 80 valence electrons. The maximum atomic E-state index is 9.74. The van der Waals surface area contributed by atoms with E-state index >= 15 is 0 Å². The van der Waals surface area contributed by atoms with Crippen molar-refractivity contribution in [2.45, 2.75) is 52.7 Å². The van der Waals surface area contributed by atoms with Gasteiger partial charge < -0.3 is 13.9 Å². The zero-order chi connectivity index (χ0) is 10.9. The Morgan fingerprint density at radius 3 is 1.31 bits per heavy atom. The smallest absolute Gasteiger partial charge is 0.249 e. The Labute approximate surface area is 81.3 Å². The predicted octanol–water partition coefficient (Wildman–Crippen LogP) is 2.80. The summed E-state index contributed by atoms with van der Waals surface area (Å²) in [6, 6.07) is 0. The Hall–Kier alpha value is 0.180. The fourth-order valence-corrected chi connectivity index (χ4v) is 2.62. The fourth-order valence-electron chi connectivity index (χ4n) is 0.874. The first-order valence-electron chi connectivity index (χ1n) is 4.29. The third kappa shape index (κ3) is 8.51. The molecule has 0 rings (SSSR count). The Bertz CT molecular complexity index is 190. The van der Waals surface area contributed by atoms with Crippen molar-refractivity contribution in [3.8, 4) is 0 Å². The molecule has 0 atom stereocenters.